The van der Waals surface area contributed by atoms with Crippen molar-refractivity contribution < 1.29 is 14.6 Å². The summed E-state index contributed by atoms with van der Waals surface area (Å²) in [7, 11) is 0. The van der Waals surface area contributed by atoms with E-state index in [2.05, 4.69) is 13.0 Å². The molecule has 3 unspecified atom stereocenters. The number of aliphatic hydroxyl groups is 1. The first-order valence-corrected chi connectivity index (χ1v) is 10.9. The van der Waals surface area contributed by atoms with Crippen LogP contribution in [0.2, 0.25) is 0 Å². The molecule has 3 aliphatic carbocycles. The SMILES string of the molecule is C[C@]12CCC3c4ccc(O)cc4CCC3C1CC[C@@]2(O)/C=C\c1ccc(F)cc1. The van der Waals surface area contributed by atoms with Crippen LogP contribution in [-0.4, -0.2) is 15.8 Å². The fourth-order valence-electron chi connectivity index (χ4n) is 6.70. The molecule has 0 amide bonds. The Bertz CT molecular complexity index is 950. The van der Waals surface area contributed by atoms with E-state index in [1.165, 1.54) is 23.3 Å². The number of hydrogen-bond donors (Lipinski definition) is 2. The highest BCUT2D eigenvalue weighted by Crippen LogP contribution is 2.64. The maximum atomic E-state index is 13.2. The predicted octanol–water partition coefficient (Wildman–Crippen LogP) is 5.83. The zero-order valence-electron chi connectivity index (χ0n) is 16.9. The van der Waals surface area contributed by atoms with Crippen LogP contribution >= 0.6 is 0 Å². The Morgan fingerprint density at radius 3 is 2.62 bits per heavy atom. The van der Waals surface area contributed by atoms with Gasteiger partial charge in [0.25, 0.3) is 0 Å². The predicted molar refractivity (Wildman–Crippen MR) is 113 cm³/mol. The van der Waals surface area contributed by atoms with E-state index in [1.807, 2.05) is 24.3 Å². The molecule has 0 heterocycles. The van der Waals surface area contributed by atoms with Crippen LogP contribution in [0.4, 0.5) is 4.39 Å². The molecular weight excluding hydrogens is 363 g/mol. The molecule has 0 bridgehead atoms. The first-order chi connectivity index (χ1) is 13.9. The van der Waals surface area contributed by atoms with Gasteiger partial charge in [-0.3, -0.25) is 0 Å². The number of phenolic OH excluding ortho intramolecular Hbond substituents is 1. The smallest absolute Gasteiger partial charge is 0.123 e. The van der Waals surface area contributed by atoms with Crippen molar-refractivity contribution in [3.05, 3.63) is 71.0 Å². The Balaban J connectivity index is 1.42. The summed E-state index contributed by atoms with van der Waals surface area (Å²) in [5.41, 5.74) is 2.70. The molecule has 2 saturated carbocycles. The maximum Gasteiger partial charge on any atom is 0.123 e. The summed E-state index contributed by atoms with van der Waals surface area (Å²) in [5, 5.41) is 21.5. The molecule has 0 aliphatic heterocycles. The standard InChI is InChI=1S/C26H29FO2/c1-25-13-11-22-21-9-7-20(28)16-18(21)4-8-23(22)24(25)12-15-26(25,29)14-10-17-2-5-19(27)6-3-17/h2-3,5-7,9-10,14,16,22-24,28-29H,4,8,11-13,15H2,1H3/b14-10-/t22?,23?,24?,25-,26-/m0/s1. The highest BCUT2D eigenvalue weighted by molar-refractivity contribution is 5.51. The Hall–Kier alpha value is -2.13. The van der Waals surface area contributed by atoms with Gasteiger partial charge in [0.1, 0.15) is 11.6 Å². The van der Waals surface area contributed by atoms with E-state index >= 15 is 0 Å². The van der Waals surface area contributed by atoms with E-state index in [0.717, 1.165) is 44.1 Å². The third kappa shape index (κ3) is 2.93. The van der Waals surface area contributed by atoms with Gasteiger partial charge in [0.15, 0.2) is 0 Å². The van der Waals surface area contributed by atoms with Crippen molar-refractivity contribution in [1.82, 2.24) is 0 Å². The Morgan fingerprint density at radius 2 is 1.83 bits per heavy atom. The van der Waals surface area contributed by atoms with Crippen LogP contribution in [0.5, 0.6) is 5.75 Å². The summed E-state index contributed by atoms with van der Waals surface area (Å²) in [5.74, 6) is 1.77. The number of rotatable bonds is 2. The highest BCUT2D eigenvalue weighted by atomic mass is 19.1. The molecule has 0 radical (unpaired) electrons. The lowest BCUT2D eigenvalue weighted by Crippen LogP contribution is -2.49. The molecule has 2 aromatic rings. The lowest BCUT2D eigenvalue weighted by Gasteiger charge is -2.52. The second-order valence-electron chi connectivity index (χ2n) is 9.60. The van der Waals surface area contributed by atoms with Crippen molar-refractivity contribution in [3.8, 4) is 5.75 Å². The van der Waals surface area contributed by atoms with E-state index < -0.39 is 5.60 Å². The Kier molecular flexibility index (Phi) is 4.36. The van der Waals surface area contributed by atoms with Crippen LogP contribution in [0.3, 0.4) is 0 Å². The van der Waals surface area contributed by atoms with Crippen molar-refractivity contribution >= 4 is 6.08 Å². The van der Waals surface area contributed by atoms with Crippen molar-refractivity contribution in [2.75, 3.05) is 0 Å². The van der Waals surface area contributed by atoms with E-state index in [-0.39, 0.29) is 11.2 Å². The van der Waals surface area contributed by atoms with Gasteiger partial charge in [0.2, 0.25) is 0 Å². The van der Waals surface area contributed by atoms with Gasteiger partial charge in [0.05, 0.1) is 5.60 Å². The number of fused-ring (bicyclic) bond motifs is 5. The van der Waals surface area contributed by atoms with Crippen molar-refractivity contribution in [2.45, 2.75) is 57.0 Å². The molecule has 3 aliphatic rings. The average molecular weight is 393 g/mol. The van der Waals surface area contributed by atoms with Crippen LogP contribution in [0.25, 0.3) is 6.08 Å². The lowest BCUT2D eigenvalue weighted by atomic mass is 9.53. The first-order valence-electron chi connectivity index (χ1n) is 10.9. The average Bonchev–Trinajstić information content (AvgIpc) is 2.98. The van der Waals surface area contributed by atoms with E-state index in [0.29, 0.717) is 23.5 Å². The largest absolute Gasteiger partial charge is 0.508 e. The van der Waals surface area contributed by atoms with Crippen LogP contribution in [0.15, 0.2) is 48.5 Å². The van der Waals surface area contributed by atoms with Gasteiger partial charge in [-0.05, 0) is 97.2 Å². The summed E-state index contributed by atoms with van der Waals surface area (Å²) in [6.45, 7) is 2.28. The topological polar surface area (TPSA) is 40.5 Å². The van der Waals surface area contributed by atoms with Gasteiger partial charge in [-0.1, -0.05) is 37.3 Å². The number of hydrogen-bond acceptors (Lipinski definition) is 2. The van der Waals surface area contributed by atoms with Crippen LogP contribution in [0.1, 0.15) is 61.6 Å². The number of aryl methyl sites for hydroxylation is 1. The number of halogens is 1. The molecule has 5 atom stereocenters. The molecule has 3 heteroatoms. The van der Waals surface area contributed by atoms with Crippen LogP contribution in [-0.2, 0) is 6.42 Å². The minimum atomic E-state index is -0.813. The third-order valence-corrected chi connectivity index (χ3v) is 8.35. The van der Waals surface area contributed by atoms with E-state index in [4.69, 9.17) is 0 Å². The summed E-state index contributed by atoms with van der Waals surface area (Å²) < 4.78 is 13.2. The second-order valence-corrected chi connectivity index (χ2v) is 9.60. The van der Waals surface area contributed by atoms with Gasteiger partial charge in [-0.25, -0.2) is 4.39 Å². The molecule has 152 valence electrons. The minimum absolute atomic E-state index is 0.126. The van der Waals surface area contributed by atoms with Gasteiger partial charge in [0, 0.05) is 5.41 Å². The molecular formula is C26H29FO2. The summed E-state index contributed by atoms with van der Waals surface area (Å²) >= 11 is 0. The van der Waals surface area contributed by atoms with E-state index in [9.17, 15) is 14.6 Å². The van der Waals surface area contributed by atoms with Crippen molar-refractivity contribution in [2.24, 2.45) is 17.3 Å². The molecule has 0 aromatic heterocycles. The first kappa shape index (κ1) is 18.9. The molecule has 0 saturated heterocycles. The summed E-state index contributed by atoms with van der Waals surface area (Å²) in [4.78, 5) is 0. The monoisotopic (exact) mass is 392 g/mol. The normalized spacial score (nSPS) is 35.9. The third-order valence-electron chi connectivity index (χ3n) is 8.35. The fraction of sp³-hybridized carbons (Fsp3) is 0.462. The molecule has 5 rings (SSSR count). The molecule has 29 heavy (non-hydrogen) atoms. The molecule has 2 fully saturated rings. The van der Waals surface area contributed by atoms with E-state index in [1.54, 1.807) is 12.1 Å². The Morgan fingerprint density at radius 1 is 1.03 bits per heavy atom. The second kappa shape index (κ2) is 6.70. The maximum absolute atomic E-state index is 13.2. The summed E-state index contributed by atoms with van der Waals surface area (Å²) in [6, 6.07) is 12.3. The number of benzene rings is 2. The number of aromatic hydroxyl groups is 1. The van der Waals surface area contributed by atoms with Gasteiger partial charge < -0.3 is 10.2 Å². The number of phenols is 1. The minimum Gasteiger partial charge on any atom is -0.508 e. The molecule has 2 N–H and O–H groups in total. The van der Waals surface area contributed by atoms with Crippen molar-refractivity contribution in [3.63, 3.8) is 0 Å². The molecule has 2 aromatic carbocycles. The molecule has 2 nitrogen and oxygen atoms in total. The fourth-order valence-corrected chi connectivity index (χ4v) is 6.70. The van der Waals surface area contributed by atoms with Crippen LogP contribution in [0, 0.1) is 23.1 Å². The van der Waals surface area contributed by atoms with Gasteiger partial charge >= 0.3 is 0 Å². The van der Waals surface area contributed by atoms with Gasteiger partial charge in [-0.15, -0.1) is 0 Å². The zero-order chi connectivity index (χ0) is 20.2. The Labute approximate surface area is 172 Å². The highest BCUT2D eigenvalue weighted by Gasteiger charge is 2.60. The molecule has 0 spiro atoms. The van der Waals surface area contributed by atoms with Gasteiger partial charge in [-0.2, -0.15) is 0 Å². The van der Waals surface area contributed by atoms with Crippen LogP contribution < -0.4 is 0 Å². The van der Waals surface area contributed by atoms with Crippen molar-refractivity contribution in [1.29, 1.82) is 0 Å². The zero-order valence-corrected chi connectivity index (χ0v) is 16.9. The quantitative estimate of drug-likeness (QED) is 0.675. The lowest BCUT2D eigenvalue weighted by molar-refractivity contribution is -0.0705. The summed E-state index contributed by atoms with van der Waals surface area (Å²) in [6.07, 6.45) is 10.0.